The number of thiophene rings is 1. The predicted octanol–water partition coefficient (Wildman–Crippen LogP) is 3.80. The van der Waals surface area contributed by atoms with Gasteiger partial charge in [-0.1, -0.05) is 5.92 Å². The largest absolute Gasteiger partial charge is 0.263 e. The SMILES string of the molecule is CC#Cc1cncc(-c2cc(C)c(C)s2)c1. The lowest BCUT2D eigenvalue weighted by Crippen LogP contribution is -1.80. The maximum absolute atomic E-state index is 4.22. The molecule has 0 aliphatic rings. The summed E-state index contributed by atoms with van der Waals surface area (Å²) in [6.45, 7) is 6.12. The second-order valence-electron chi connectivity index (χ2n) is 3.69. The monoisotopic (exact) mass is 227 g/mol. The summed E-state index contributed by atoms with van der Waals surface area (Å²) in [6, 6.07) is 4.30. The van der Waals surface area contributed by atoms with Crippen LogP contribution in [0.25, 0.3) is 10.4 Å². The highest BCUT2D eigenvalue weighted by atomic mass is 32.1. The van der Waals surface area contributed by atoms with Crippen LogP contribution in [0.15, 0.2) is 24.5 Å². The standard InChI is InChI=1S/C14H13NS/c1-4-5-12-7-13(9-15-8-12)14-6-10(2)11(3)16-14/h6-9H,1-3H3. The lowest BCUT2D eigenvalue weighted by Gasteiger charge is -1.96. The van der Waals surface area contributed by atoms with Crippen LogP contribution < -0.4 is 0 Å². The molecule has 2 aromatic rings. The molecule has 0 aromatic carbocycles. The van der Waals surface area contributed by atoms with Gasteiger partial charge in [-0.25, -0.2) is 0 Å². The molecule has 16 heavy (non-hydrogen) atoms. The van der Waals surface area contributed by atoms with Crippen LogP contribution in [0.1, 0.15) is 22.9 Å². The smallest absolute Gasteiger partial charge is 0.0435 e. The molecule has 0 bridgehead atoms. The third-order valence-corrected chi connectivity index (χ3v) is 3.66. The van der Waals surface area contributed by atoms with Gasteiger partial charge in [-0.05, 0) is 38.5 Å². The summed E-state index contributed by atoms with van der Waals surface area (Å²) >= 11 is 1.81. The minimum Gasteiger partial charge on any atom is -0.263 e. The zero-order valence-electron chi connectivity index (χ0n) is 9.66. The third-order valence-electron chi connectivity index (χ3n) is 2.46. The van der Waals surface area contributed by atoms with Gasteiger partial charge in [0.15, 0.2) is 0 Å². The van der Waals surface area contributed by atoms with Gasteiger partial charge in [0.2, 0.25) is 0 Å². The fraction of sp³-hybridized carbons (Fsp3) is 0.214. The van der Waals surface area contributed by atoms with E-state index in [9.17, 15) is 0 Å². The fourth-order valence-electron chi connectivity index (χ4n) is 1.50. The van der Waals surface area contributed by atoms with Gasteiger partial charge in [0.05, 0.1) is 0 Å². The molecule has 0 amide bonds. The average molecular weight is 227 g/mol. The van der Waals surface area contributed by atoms with Crippen LogP contribution in [0.5, 0.6) is 0 Å². The van der Waals surface area contributed by atoms with Gasteiger partial charge < -0.3 is 0 Å². The molecule has 2 heteroatoms. The molecule has 2 heterocycles. The van der Waals surface area contributed by atoms with Crippen molar-refractivity contribution in [3.05, 3.63) is 40.5 Å². The van der Waals surface area contributed by atoms with Crippen molar-refractivity contribution in [2.24, 2.45) is 0 Å². The first kappa shape index (κ1) is 10.9. The summed E-state index contributed by atoms with van der Waals surface area (Å²) in [5, 5.41) is 0. The Kier molecular flexibility index (Phi) is 3.07. The number of hydrogen-bond acceptors (Lipinski definition) is 2. The van der Waals surface area contributed by atoms with E-state index in [-0.39, 0.29) is 0 Å². The van der Waals surface area contributed by atoms with Gasteiger partial charge >= 0.3 is 0 Å². The Morgan fingerprint density at radius 1 is 1.19 bits per heavy atom. The van der Waals surface area contributed by atoms with Gasteiger partial charge in [0.1, 0.15) is 0 Å². The Bertz CT molecular complexity index is 550. The summed E-state index contributed by atoms with van der Waals surface area (Å²) in [6.07, 6.45) is 3.69. The second-order valence-corrected chi connectivity index (χ2v) is 4.94. The lowest BCUT2D eigenvalue weighted by molar-refractivity contribution is 1.32. The van der Waals surface area contributed by atoms with E-state index < -0.39 is 0 Å². The molecular formula is C14H13NS. The highest BCUT2D eigenvalue weighted by Crippen LogP contribution is 2.30. The van der Waals surface area contributed by atoms with E-state index in [0.29, 0.717) is 0 Å². The van der Waals surface area contributed by atoms with Gasteiger partial charge in [-0.3, -0.25) is 4.98 Å². The Labute approximate surface area is 100 Å². The Hall–Kier alpha value is -1.59. The molecule has 0 saturated heterocycles. The summed E-state index contributed by atoms with van der Waals surface area (Å²) in [5.41, 5.74) is 3.47. The van der Waals surface area contributed by atoms with Gasteiger partial charge in [-0.15, -0.1) is 17.3 Å². The molecule has 0 aliphatic carbocycles. The molecule has 0 aliphatic heterocycles. The molecule has 2 aromatic heterocycles. The molecular weight excluding hydrogens is 214 g/mol. The van der Waals surface area contributed by atoms with Gasteiger partial charge in [0.25, 0.3) is 0 Å². The molecule has 0 fully saturated rings. The van der Waals surface area contributed by atoms with Crippen molar-refractivity contribution >= 4 is 11.3 Å². The van der Waals surface area contributed by atoms with Crippen molar-refractivity contribution in [3.63, 3.8) is 0 Å². The van der Waals surface area contributed by atoms with Crippen LogP contribution in [0, 0.1) is 25.7 Å². The number of pyridine rings is 1. The molecule has 2 rings (SSSR count). The normalized spacial score (nSPS) is 9.69. The molecule has 0 atom stereocenters. The average Bonchev–Trinajstić information content (AvgIpc) is 2.60. The molecule has 0 unspecified atom stereocenters. The van der Waals surface area contributed by atoms with Crippen LogP contribution in [0.3, 0.4) is 0 Å². The molecule has 0 radical (unpaired) electrons. The second kappa shape index (κ2) is 4.51. The van der Waals surface area contributed by atoms with Crippen molar-refractivity contribution in [1.82, 2.24) is 4.98 Å². The van der Waals surface area contributed by atoms with Crippen LogP contribution in [-0.4, -0.2) is 4.98 Å². The summed E-state index contributed by atoms with van der Waals surface area (Å²) in [7, 11) is 0. The van der Waals surface area contributed by atoms with E-state index in [1.807, 2.05) is 13.1 Å². The fourth-order valence-corrected chi connectivity index (χ4v) is 2.52. The van der Waals surface area contributed by atoms with E-state index in [1.165, 1.54) is 15.3 Å². The Balaban J connectivity index is 2.46. The topological polar surface area (TPSA) is 12.9 Å². The molecule has 80 valence electrons. The van der Waals surface area contributed by atoms with Crippen molar-refractivity contribution in [2.75, 3.05) is 0 Å². The number of hydrogen-bond donors (Lipinski definition) is 0. The van der Waals surface area contributed by atoms with Crippen LogP contribution >= 0.6 is 11.3 Å². The predicted molar refractivity (Wildman–Crippen MR) is 69.6 cm³/mol. The number of nitrogens with zero attached hydrogens (tertiary/aromatic N) is 1. The van der Waals surface area contributed by atoms with E-state index in [0.717, 1.165) is 11.1 Å². The summed E-state index contributed by atoms with van der Waals surface area (Å²) in [5.74, 6) is 5.92. The van der Waals surface area contributed by atoms with Gasteiger partial charge in [-0.2, -0.15) is 0 Å². The molecule has 0 spiro atoms. The number of aryl methyl sites for hydroxylation is 2. The number of aromatic nitrogens is 1. The van der Waals surface area contributed by atoms with Crippen molar-refractivity contribution < 1.29 is 0 Å². The van der Waals surface area contributed by atoms with Crippen molar-refractivity contribution in [2.45, 2.75) is 20.8 Å². The quantitative estimate of drug-likeness (QED) is 0.675. The zero-order valence-corrected chi connectivity index (χ0v) is 10.5. The zero-order chi connectivity index (χ0) is 11.5. The highest BCUT2D eigenvalue weighted by Gasteiger charge is 2.04. The van der Waals surface area contributed by atoms with Crippen LogP contribution in [-0.2, 0) is 0 Å². The first-order chi connectivity index (χ1) is 7.70. The lowest BCUT2D eigenvalue weighted by atomic mass is 10.1. The molecule has 0 saturated carbocycles. The maximum atomic E-state index is 4.22. The molecule has 0 N–H and O–H groups in total. The first-order valence-electron chi connectivity index (χ1n) is 5.16. The van der Waals surface area contributed by atoms with Crippen molar-refractivity contribution in [3.8, 4) is 22.3 Å². The summed E-state index contributed by atoms with van der Waals surface area (Å²) in [4.78, 5) is 6.85. The van der Waals surface area contributed by atoms with Crippen molar-refractivity contribution in [1.29, 1.82) is 0 Å². The first-order valence-corrected chi connectivity index (χ1v) is 5.97. The summed E-state index contributed by atoms with van der Waals surface area (Å²) < 4.78 is 0. The van der Waals surface area contributed by atoms with E-state index >= 15 is 0 Å². The minimum absolute atomic E-state index is 0.976. The van der Waals surface area contributed by atoms with E-state index in [1.54, 1.807) is 17.5 Å². The van der Waals surface area contributed by atoms with Crippen LogP contribution in [0.4, 0.5) is 0 Å². The van der Waals surface area contributed by atoms with Crippen LogP contribution in [0.2, 0.25) is 0 Å². The van der Waals surface area contributed by atoms with E-state index in [4.69, 9.17) is 0 Å². The minimum atomic E-state index is 0.976. The Morgan fingerprint density at radius 3 is 2.62 bits per heavy atom. The highest BCUT2D eigenvalue weighted by molar-refractivity contribution is 7.15. The third kappa shape index (κ3) is 2.15. The Morgan fingerprint density at radius 2 is 2.00 bits per heavy atom. The maximum Gasteiger partial charge on any atom is 0.0435 e. The van der Waals surface area contributed by atoms with E-state index in [2.05, 4.69) is 42.8 Å². The number of rotatable bonds is 1. The molecule has 1 nitrogen and oxygen atoms in total. The van der Waals surface area contributed by atoms with Gasteiger partial charge in [0, 0.05) is 33.3 Å².